The number of fused-ring (bicyclic) bond motifs is 1. The van der Waals surface area contributed by atoms with Crippen molar-refractivity contribution in [1.29, 1.82) is 0 Å². The molecule has 110 valence electrons. The molecule has 0 aromatic carbocycles. The first-order valence-electron chi connectivity index (χ1n) is 6.51. The second kappa shape index (κ2) is 5.13. The van der Waals surface area contributed by atoms with Crippen molar-refractivity contribution in [1.82, 2.24) is 19.5 Å². The van der Waals surface area contributed by atoms with Gasteiger partial charge in [0.15, 0.2) is 11.8 Å². The molecular weight excluding hydrogens is 276 g/mol. The number of aromatic nitrogens is 3. The van der Waals surface area contributed by atoms with E-state index in [1.165, 1.54) is 4.90 Å². The zero-order chi connectivity index (χ0) is 15.0. The topological polar surface area (TPSA) is 97.0 Å². The standard InChI is InChI=1S/C13H14N4O4/c1-8-14-15-11-3-2-9(6-17(8)11)12(18)16-4-5-21-10(7-16)13(19)20/h2-3,6,10H,4-5,7H2,1H3,(H,19,20). The number of aryl methyl sites for hydroxylation is 1. The first-order valence-corrected chi connectivity index (χ1v) is 6.51. The second-order valence-corrected chi connectivity index (χ2v) is 4.84. The Bertz CT molecular complexity index is 711. The number of hydrogen-bond acceptors (Lipinski definition) is 5. The maximum atomic E-state index is 12.5. The lowest BCUT2D eigenvalue weighted by Gasteiger charge is -2.30. The highest BCUT2D eigenvalue weighted by Gasteiger charge is 2.29. The van der Waals surface area contributed by atoms with Crippen molar-refractivity contribution in [2.24, 2.45) is 0 Å². The molecular formula is C13H14N4O4. The van der Waals surface area contributed by atoms with Crippen molar-refractivity contribution in [2.45, 2.75) is 13.0 Å². The average molecular weight is 290 g/mol. The summed E-state index contributed by atoms with van der Waals surface area (Å²) in [6, 6.07) is 3.37. The van der Waals surface area contributed by atoms with E-state index >= 15 is 0 Å². The molecule has 1 N–H and O–H groups in total. The molecule has 0 bridgehead atoms. The summed E-state index contributed by atoms with van der Waals surface area (Å²) in [7, 11) is 0. The van der Waals surface area contributed by atoms with Crippen LogP contribution in [0.2, 0.25) is 0 Å². The summed E-state index contributed by atoms with van der Waals surface area (Å²) >= 11 is 0. The number of amides is 1. The summed E-state index contributed by atoms with van der Waals surface area (Å²) in [5.41, 5.74) is 1.13. The van der Waals surface area contributed by atoms with Crippen molar-refractivity contribution < 1.29 is 19.4 Å². The molecule has 2 aromatic rings. The van der Waals surface area contributed by atoms with E-state index in [2.05, 4.69) is 10.2 Å². The predicted octanol–water partition coefficient (Wildman–Crippen LogP) is -0.0367. The fraction of sp³-hybridized carbons (Fsp3) is 0.385. The first kappa shape index (κ1) is 13.5. The largest absolute Gasteiger partial charge is 0.479 e. The molecule has 1 unspecified atom stereocenters. The van der Waals surface area contributed by atoms with E-state index in [0.717, 1.165) is 0 Å². The van der Waals surface area contributed by atoms with Crippen LogP contribution in [-0.4, -0.2) is 62.3 Å². The van der Waals surface area contributed by atoms with Gasteiger partial charge in [0.2, 0.25) is 0 Å². The highest BCUT2D eigenvalue weighted by Crippen LogP contribution is 2.13. The first-order chi connectivity index (χ1) is 10.1. The van der Waals surface area contributed by atoms with Crippen LogP contribution in [0.25, 0.3) is 5.65 Å². The molecule has 1 atom stereocenters. The Morgan fingerprint density at radius 3 is 2.95 bits per heavy atom. The quantitative estimate of drug-likeness (QED) is 0.833. The zero-order valence-corrected chi connectivity index (χ0v) is 11.4. The van der Waals surface area contributed by atoms with Crippen molar-refractivity contribution in [3.8, 4) is 0 Å². The number of carboxylic acid groups (broad SMARTS) is 1. The van der Waals surface area contributed by atoms with Crippen LogP contribution in [-0.2, 0) is 9.53 Å². The van der Waals surface area contributed by atoms with Gasteiger partial charge in [0.05, 0.1) is 18.7 Å². The Morgan fingerprint density at radius 2 is 2.19 bits per heavy atom. The summed E-state index contributed by atoms with van der Waals surface area (Å²) in [6.07, 6.45) is 0.696. The molecule has 2 aromatic heterocycles. The second-order valence-electron chi connectivity index (χ2n) is 4.84. The van der Waals surface area contributed by atoms with Gasteiger partial charge in [0.25, 0.3) is 5.91 Å². The number of rotatable bonds is 2. The lowest BCUT2D eigenvalue weighted by atomic mass is 10.2. The van der Waals surface area contributed by atoms with E-state index in [0.29, 0.717) is 23.6 Å². The van der Waals surface area contributed by atoms with E-state index in [1.54, 1.807) is 29.7 Å². The number of carboxylic acids is 1. The fourth-order valence-corrected chi connectivity index (χ4v) is 2.30. The van der Waals surface area contributed by atoms with Crippen LogP contribution >= 0.6 is 0 Å². The molecule has 1 aliphatic heterocycles. The fourth-order valence-electron chi connectivity index (χ4n) is 2.30. The summed E-state index contributed by atoms with van der Waals surface area (Å²) in [4.78, 5) is 24.9. The maximum Gasteiger partial charge on any atom is 0.334 e. The van der Waals surface area contributed by atoms with Crippen LogP contribution in [0.15, 0.2) is 18.3 Å². The third-order valence-corrected chi connectivity index (χ3v) is 3.45. The third kappa shape index (κ3) is 2.45. The number of aliphatic carboxylic acids is 1. The zero-order valence-electron chi connectivity index (χ0n) is 11.4. The Balaban J connectivity index is 1.85. The minimum Gasteiger partial charge on any atom is -0.479 e. The van der Waals surface area contributed by atoms with Crippen LogP contribution in [0.3, 0.4) is 0 Å². The summed E-state index contributed by atoms with van der Waals surface area (Å²) in [5, 5.41) is 16.9. The molecule has 1 fully saturated rings. The number of ether oxygens (including phenoxy) is 1. The van der Waals surface area contributed by atoms with Gasteiger partial charge in [-0.05, 0) is 19.1 Å². The predicted molar refractivity (Wildman–Crippen MR) is 71.0 cm³/mol. The average Bonchev–Trinajstić information content (AvgIpc) is 2.87. The maximum absolute atomic E-state index is 12.5. The lowest BCUT2D eigenvalue weighted by molar-refractivity contribution is -0.154. The van der Waals surface area contributed by atoms with Gasteiger partial charge in [-0.15, -0.1) is 10.2 Å². The van der Waals surface area contributed by atoms with Gasteiger partial charge in [0, 0.05) is 12.7 Å². The van der Waals surface area contributed by atoms with Crippen molar-refractivity contribution in [3.63, 3.8) is 0 Å². The molecule has 1 aliphatic rings. The summed E-state index contributed by atoms with van der Waals surface area (Å²) in [6.45, 7) is 2.44. The number of nitrogens with zero attached hydrogens (tertiary/aromatic N) is 4. The molecule has 1 amide bonds. The highest BCUT2D eigenvalue weighted by atomic mass is 16.5. The highest BCUT2D eigenvalue weighted by molar-refractivity contribution is 5.94. The van der Waals surface area contributed by atoms with Gasteiger partial charge in [0.1, 0.15) is 5.82 Å². The number of hydrogen-bond donors (Lipinski definition) is 1. The smallest absolute Gasteiger partial charge is 0.334 e. The van der Waals surface area contributed by atoms with Gasteiger partial charge < -0.3 is 14.7 Å². The van der Waals surface area contributed by atoms with E-state index in [-0.39, 0.29) is 19.1 Å². The molecule has 3 rings (SSSR count). The van der Waals surface area contributed by atoms with E-state index in [9.17, 15) is 9.59 Å². The Hall–Kier alpha value is -2.48. The van der Waals surface area contributed by atoms with Crippen LogP contribution in [0, 0.1) is 6.92 Å². The van der Waals surface area contributed by atoms with Crippen molar-refractivity contribution in [2.75, 3.05) is 19.7 Å². The van der Waals surface area contributed by atoms with Crippen molar-refractivity contribution >= 4 is 17.5 Å². The van der Waals surface area contributed by atoms with Crippen LogP contribution in [0.5, 0.6) is 0 Å². The van der Waals surface area contributed by atoms with E-state index < -0.39 is 12.1 Å². The molecule has 21 heavy (non-hydrogen) atoms. The van der Waals surface area contributed by atoms with Gasteiger partial charge in [-0.25, -0.2) is 4.79 Å². The Morgan fingerprint density at radius 1 is 1.38 bits per heavy atom. The summed E-state index contributed by atoms with van der Waals surface area (Å²) < 4.78 is 6.84. The number of carbonyl (C=O) groups is 2. The van der Waals surface area contributed by atoms with Gasteiger partial charge in [-0.3, -0.25) is 9.20 Å². The molecule has 0 spiro atoms. The van der Waals surface area contributed by atoms with Gasteiger partial charge >= 0.3 is 5.97 Å². The molecule has 0 aliphatic carbocycles. The molecule has 8 nitrogen and oxygen atoms in total. The number of morpholine rings is 1. The van der Waals surface area contributed by atoms with E-state index in [1.807, 2.05) is 0 Å². The normalized spacial score (nSPS) is 18.9. The van der Waals surface area contributed by atoms with Gasteiger partial charge in [-0.1, -0.05) is 0 Å². The third-order valence-electron chi connectivity index (χ3n) is 3.45. The molecule has 3 heterocycles. The summed E-state index contributed by atoms with van der Waals surface area (Å²) in [5.74, 6) is -0.595. The van der Waals surface area contributed by atoms with Crippen LogP contribution in [0.1, 0.15) is 16.2 Å². The molecule has 0 saturated carbocycles. The molecule has 8 heteroatoms. The Labute approximate surface area is 119 Å². The molecule has 1 saturated heterocycles. The minimum absolute atomic E-state index is 0.0490. The molecule has 0 radical (unpaired) electrons. The van der Waals surface area contributed by atoms with Crippen LogP contribution in [0.4, 0.5) is 0 Å². The van der Waals surface area contributed by atoms with E-state index in [4.69, 9.17) is 9.84 Å². The van der Waals surface area contributed by atoms with Gasteiger partial charge in [-0.2, -0.15) is 0 Å². The van der Waals surface area contributed by atoms with Crippen molar-refractivity contribution in [3.05, 3.63) is 29.7 Å². The SMILES string of the molecule is Cc1nnc2ccc(C(=O)N3CCOC(C(=O)O)C3)cn12. The lowest BCUT2D eigenvalue weighted by Crippen LogP contribution is -2.48. The number of pyridine rings is 1. The monoisotopic (exact) mass is 290 g/mol. The number of carbonyl (C=O) groups excluding carboxylic acids is 1. The van der Waals surface area contributed by atoms with Crippen LogP contribution < -0.4 is 0 Å². The minimum atomic E-state index is -1.06. The Kier molecular flexibility index (Phi) is 3.30.